The van der Waals surface area contributed by atoms with Crippen molar-refractivity contribution < 1.29 is 9.53 Å². The van der Waals surface area contributed by atoms with Gasteiger partial charge in [-0.1, -0.05) is 0 Å². The fourth-order valence-corrected chi connectivity index (χ4v) is 2.23. The van der Waals surface area contributed by atoms with Crippen LogP contribution in [0.5, 0.6) is 5.75 Å². The summed E-state index contributed by atoms with van der Waals surface area (Å²) in [6.45, 7) is 0.604. The highest BCUT2D eigenvalue weighted by Gasteiger charge is 2.18. The second-order valence-corrected chi connectivity index (χ2v) is 4.39. The molecule has 1 aromatic carbocycles. The minimum absolute atomic E-state index is 0.144. The van der Waals surface area contributed by atoms with Gasteiger partial charge in [0.1, 0.15) is 5.75 Å². The third-order valence-electron chi connectivity index (χ3n) is 3.22. The number of Topliss-reactive ketones (excluding diaryl/α,β-unsaturated/α-hetero) is 1. The van der Waals surface area contributed by atoms with Crippen LogP contribution >= 0.6 is 0 Å². The number of carbonyl (C=O) groups excluding carboxylic acids is 1. The van der Waals surface area contributed by atoms with Crippen LogP contribution in [0.15, 0.2) is 41.7 Å². The molecule has 0 bridgehead atoms. The summed E-state index contributed by atoms with van der Waals surface area (Å²) in [6.07, 6.45) is 3.73. The van der Waals surface area contributed by atoms with Crippen molar-refractivity contribution in [3.05, 3.63) is 53.1 Å². The van der Waals surface area contributed by atoms with Crippen molar-refractivity contribution in [3.8, 4) is 5.75 Å². The highest BCUT2D eigenvalue weighted by Crippen LogP contribution is 2.11. The zero-order chi connectivity index (χ0) is 13.9. The number of nitrogens with zero attached hydrogens (tertiary/aromatic N) is 3. The van der Waals surface area contributed by atoms with E-state index in [0.29, 0.717) is 24.3 Å². The maximum absolute atomic E-state index is 12.5. The average Bonchev–Trinajstić information content (AvgIpc) is 2.54. The monoisotopic (exact) mass is 267 g/mol. The highest BCUT2D eigenvalue weighted by atomic mass is 16.5. The minimum atomic E-state index is -0.144. The number of methoxy groups -OCH3 is 1. The van der Waals surface area contributed by atoms with Gasteiger partial charge < -0.3 is 4.74 Å². The third-order valence-corrected chi connectivity index (χ3v) is 3.22. The van der Waals surface area contributed by atoms with Crippen molar-refractivity contribution in [2.75, 3.05) is 13.7 Å². The topological polar surface area (TPSA) is 64.4 Å². The molecular weight excluding hydrogens is 254 g/mol. The van der Waals surface area contributed by atoms with E-state index in [2.05, 4.69) is 15.0 Å². The van der Waals surface area contributed by atoms with Crippen LogP contribution in [0.3, 0.4) is 0 Å². The van der Waals surface area contributed by atoms with E-state index in [4.69, 9.17) is 4.74 Å². The lowest BCUT2D eigenvalue weighted by Crippen LogP contribution is -2.33. The van der Waals surface area contributed by atoms with E-state index in [9.17, 15) is 4.79 Å². The molecule has 100 valence electrons. The number of aromatic nitrogens is 2. The first-order valence-corrected chi connectivity index (χ1v) is 6.33. The van der Waals surface area contributed by atoms with E-state index in [1.807, 2.05) is 18.2 Å². The van der Waals surface area contributed by atoms with E-state index in [1.165, 1.54) is 0 Å². The minimum Gasteiger partial charge on any atom is -0.497 e. The molecule has 1 aliphatic rings. The molecule has 0 unspecified atom stereocenters. The number of carbonyl (C=O) groups is 1. The van der Waals surface area contributed by atoms with Gasteiger partial charge in [-0.25, -0.2) is 9.97 Å². The van der Waals surface area contributed by atoms with Crippen LogP contribution in [-0.2, 0) is 0 Å². The largest absolute Gasteiger partial charge is 0.497 e. The summed E-state index contributed by atoms with van der Waals surface area (Å²) in [5.41, 5.74) is 0.695. The molecule has 5 nitrogen and oxygen atoms in total. The molecule has 0 saturated heterocycles. The first-order valence-electron chi connectivity index (χ1n) is 6.33. The van der Waals surface area contributed by atoms with Gasteiger partial charge in [-0.2, -0.15) is 0 Å². The number of ether oxygens (including phenoxy) is 1. The van der Waals surface area contributed by atoms with E-state index in [-0.39, 0.29) is 11.6 Å². The Balaban J connectivity index is 2.20. The predicted molar refractivity (Wildman–Crippen MR) is 73.0 cm³/mol. The average molecular weight is 267 g/mol. The Morgan fingerprint density at radius 1 is 1.25 bits per heavy atom. The second-order valence-electron chi connectivity index (χ2n) is 4.39. The van der Waals surface area contributed by atoms with Crippen LogP contribution in [0.1, 0.15) is 17.0 Å². The standard InChI is InChI=1S/C15H13N3O2/c1-20-10-3-4-13-12(9-10)11(5-8-16-13)14(19)15-17-6-2-7-18-15/h2-4,6-7,9H,5,8H2,1H3. The van der Waals surface area contributed by atoms with Crippen molar-refractivity contribution in [2.24, 2.45) is 4.99 Å². The van der Waals surface area contributed by atoms with Gasteiger partial charge in [-0.05, 0) is 30.7 Å². The molecule has 1 aromatic heterocycles. The summed E-state index contributed by atoms with van der Waals surface area (Å²) in [5, 5.41) is 1.63. The fraction of sp³-hybridized carbons (Fsp3) is 0.200. The molecule has 0 radical (unpaired) electrons. The Hall–Kier alpha value is -2.56. The van der Waals surface area contributed by atoms with E-state index >= 15 is 0 Å². The number of ketones is 1. The first kappa shape index (κ1) is 12.5. The molecule has 0 aliphatic carbocycles. The zero-order valence-corrected chi connectivity index (χ0v) is 11.0. The van der Waals surface area contributed by atoms with Gasteiger partial charge in [0.2, 0.25) is 11.6 Å². The summed E-state index contributed by atoms with van der Waals surface area (Å²) in [5.74, 6) is 0.785. The maximum Gasteiger partial charge on any atom is 0.226 e. The lowest BCUT2D eigenvalue weighted by molar-refractivity contribution is 0.104. The molecule has 1 aliphatic heterocycles. The predicted octanol–water partition coefficient (Wildman–Crippen LogP) is 0.542. The molecule has 2 heterocycles. The van der Waals surface area contributed by atoms with Crippen LogP contribution < -0.4 is 15.3 Å². The lowest BCUT2D eigenvalue weighted by atomic mass is 10.0. The zero-order valence-electron chi connectivity index (χ0n) is 11.0. The molecule has 5 heteroatoms. The van der Waals surface area contributed by atoms with Gasteiger partial charge in [-0.15, -0.1) is 0 Å². The Labute approximate surface area is 115 Å². The molecule has 0 fully saturated rings. The summed E-state index contributed by atoms with van der Waals surface area (Å²) in [4.78, 5) is 25.0. The van der Waals surface area contributed by atoms with Gasteiger partial charge in [0.05, 0.1) is 12.5 Å². The smallest absolute Gasteiger partial charge is 0.226 e. The molecule has 3 rings (SSSR count). The van der Waals surface area contributed by atoms with Crippen LogP contribution in [0.2, 0.25) is 0 Å². The molecule has 0 N–H and O–H groups in total. The van der Waals surface area contributed by atoms with Gasteiger partial charge in [0.25, 0.3) is 0 Å². The molecule has 0 amide bonds. The maximum atomic E-state index is 12.5. The normalized spacial score (nSPS) is 13.3. The van der Waals surface area contributed by atoms with Crippen molar-refractivity contribution in [3.63, 3.8) is 0 Å². The number of fused-ring (bicyclic) bond motifs is 1. The van der Waals surface area contributed by atoms with Gasteiger partial charge >= 0.3 is 0 Å². The van der Waals surface area contributed by atoms with E-state index < -0.39 is 0 Å². The molecular formula is C15H13N3O2. The van der Waals surface area contributed by atoms with Gasteiger partial charge in [0.15, 0.2) is 0 Å². The van der Waals surface area contributed by atoms with E-state index in [0.717, 1.165) is 10.6 Å². The Kier molecular flexibility index (Phi) is 3.25. The van der Waals surface area contributed by atoms with E-state index in [1.54, 1.807) is 25.6 Å². The van der Waals surface area contributed by atoms with Crippen molar-refractivity contribution in [1.29, 1.82) is 0 Å². The highest BCUT2D eigenvalue weighted by molar-refractivity contribution is 6.22. The number of hydrogen-bond donors (Lipinski definition) is 0. The van der Waals surface area contributed by atoms with Crippen LogP contribution in [0, 0.1) is 0 Å². The van der Waals surface area contributed by atoms with Crippen LogP contribution in [-0.4, -0.2) is 29.4 Å². The summed E-state index contributed by atoms with van der Waals surface area (Å²) in [6, 6.07) is 7.24. The summed E-state index contributed by atoms with van der Waals surface area (Å²) < 4.78 is 5.22. The Morgan fingerprint density at radius 3 is 2.80 bits per heavy atom. The molecule has 0 spiro atoms. The number of benzene rings is 1. The third kappa shape index (κ3) is 2.18. The van der Waals surface area contributed by atoms with Gasteiger partial charge in [0, 0.05) is 29.7 Å². The quantitative estimate of drug-likeness (QED) is 0.761. The van der Waals surface area contributed by atoms with Crippen molar-refractivity contribution in [1.82, 2.24) is 9.97 Å². The Bertz CT molecular complexity index is 769. The van der Waals surface area contributed by atoms with Crippen LogP contribution in [0.25, 0.3) is 5.57 Å². The lowest BCUT2D eigenvalue weighted by Gasteiger charge is -2.10. The molecule has 0 saturated carbocycles. The van der Waals surface area contributed by atoms with Gasteiger partial charge in [-0.3, -0.25) is 9.79 Å². The molecule has 2 aromatic rings. The molecule has 0 atom stereocenters. The van der Waals surface area contributed by atoms with Crippen molar-refractivity contribution >= 4 is 11.4 Å². The number of rotatable bonds is 3. The van der Waals surface area contributed by atoms with Crippen LogP contribution in [0.4, 0.5) is 0 Å². The SMILES string of the molecule is COc1ccc2c(c1)=C(C(=O)c1ncccn1)CCN=2. The van der Waals surface area contributed by atoms with Crippen molar-refractivity contribution in [2.45, 2.75) is 6.42 Å². The Morgan fingerprint density at radius 2 is 2.05 bits per heavy atom. The number of hydrogen-bond acceptors (Lipinski definition) is 5. The first-order chi connectivity index (χ1) is 9.79. The summed E-state index contributed by atoms with van der Waals surface area (Å²) >= 11 is 0. The summed E-state index contributed by atoms with van der Waals surface area (Å²) in [7, 11) is 1.60. The second kappa shape index (κ2) is 5.21. The molecule has 20 heavy (non-hydrogen) atoms. The fourth-order valence-electron chi connectivity index (χ4n) is 2.23.